The van der Waals surface area contributed by atoms with Crippen molar-refractivity contribution >= 4 is 32.7 Å². The number of rotatable bonds is 11. The number of aromatic nitrogens is 3. The quantitative estimate of drug-likeness (QED) is 0.253. The summed E-state index contributed by atoms with van der Waals surface area (Å²) in [6, 6.07) is 17.0. The number of sulfonamides is 1. The first-order valence-electron chi connectivity index (χ1n) is 14.4. The molecule has 0 spiro atoms. The van der Waals surface area contributed by atoms with Crippen molar-refractivity contribution in [3.05, 3.63) is 73.1 Å². The zero-order valence-corrected chi connectivity index (χ0v) is 24.6. The Kier molecular flexibility index (Phi) is 9.12. The average molecular weight is 575 g/mol. The monoisotopic (exact) mass is 574 g/mol. The van der Waals surface area contributed by atoms with Crippen molar-refractivity contribution in [3.63, 3.8) is 0 Å². The third-order valence-corrected chi connectivity index (χ3v) is 9.57. The predicted molar refractivity (Wildman–Crippen MR) is 162 cm³/mol. The number of anilines is 1. The van der Waals surface area contributed by atoms with Gasteiger partial charge in [-0.05, 0) is 62.4 Å². The number of carbonyl (C=O) groups excluding carboxylic acids is 1. The van der Waals surface area contributed by atoms with Crippen LogP contribution in [-0.4, -0.2) is 70.3 Å². The molecule has 0 radical (unpaired) electrons. The Morgan fingerprint density at radius 3 is 2.56 bits per heavy atom. The number of nitrogens with one attached hydrogen (secondary N) is 1. The lowest BCUT2D eigenvalue weighted by atomic mass is 10.1. The van der Waals surface area contributed by atoms with Crippen LogP contribution < -0.4 is 5.32 Å². The minimum Gasteiger partial charge on any atom is -0.325 e. The molecule has 3 heterocycles. The summed E-state index contributed by atoms with van der Waals surface area (Å²) in [5.74, 6) is 0.467. The van der Waals surface area contributed by atoms with Crippen LogP contribution in [0, 0.1) is 0 Å². The lowest BCUT2D eigenvalue weighted by Crippen LogP contribution is -2.59. The summed E-state index contributed by atoms with van der Waals surface area (Å²) in [4.78, 5) is 25.3. The van der Waals surface area contributed by atoms with Gasteiger partial charge in [-0.25, -0.2) is 13.4 Å². The van der Waals surface area contributed by atoms with Gasteiger partial charge in [-0.3, -0.25) is 14.7 Å². The fraction of sp³-hybridized carbons (Fsp3) is 0.387. The number of amides is 1. The Morgan fingerprint density at radius 2 is 1.83 bits per heavy atom. The minimum absolute atomic E-state index is 0.198. The van der Waals surface area contributed by atoms with E-state index in [9.17, 15) is 13.2 Å². The molecule has 216 valence electrons. The molecule has 1 fully saturated rings. The number of carbonyl (C=O) groups is 1. The maximum atomic E-state index is 13.8. The highest BCUT2D eigenvalue weighted by Gasteiger charge is 2.40. The molecule has 1 aliphatic heterocycles. The third kappa shape index (κ3) is 6.34. The standard InChI is InChI=1S/C31H38N6O3S/c1-3-5-6-10-18-35-19-20-37(41(39,40)26-13-8-7-9-14-26)29(23-35)31(38)33-25-15-16-28-27(21-25)34-30(36(28)4-2)24-12-11-17-32-22-24/h7-9,11-17,21-22,29H,3-6,10,18-20,23H2,1-2H3,(H,33,38)/t29-/m0/s1. The summed E-state index contributed by atoms with van der Waals surface area (Å²) in [5.41, 5.74) is 3.20. The Labute approximate surface area is 242 Å². The van der Waals surface area contributed by atoms with E-state index in [1.807, 2.05) is 30.3 Å². The molecule has 0 bridgehead atoms. The number of benzene rings is 2. The van der Waals surface area contributed by atoms with Gasteiger partial charge in [0.15, 0.2) is 0 Å². The minimum atomic E-state index is -3.85. The van der Waals surface area contributed by atoms with E-state index in [2.05, 4.69) is 33.6 Å². The predicted octanol–water partition coefficient (Wildman–Crippen LogP) is 5.01. The fourth-order valence-electron chi connectivity index (χ4n) is 5.49. The molecule has 0 unspecified atom stereocenters. The maximum Gasteiger partial charge on any atom is 0.244 e. The molecule has 1 amide bonds. The van der Waals surface area contributed by atoms with Crippen LogP contribution in [0.25, 0.3) is 22.4 Å². The SMILES string of the molecule is CCCCCCN1CCN(S(=O)(=O)c2ccccc2)[C@H](C(=O)Nc2ccc3c(c2)nc(-c2cccnc2)n3CC)C1. The van der Waals surface area contributed by atoms with Crippen molar-refractivity contribution in [2.24, 2.45) is 0 Å². The fourth-order valence-corrected chi connectivity index (χ4v) is 7.08. The molecule has 9 nitrogen and oxygen atoms in total. The van der Waals surface area contributed by atoms with E-state index in [4.69, 9.17) is 4.98 Å². The number of hydrogen-bond donors (Lipinski definition) is 1. The number of unbranched alkanes of at least 4 members (excludes halogenated alkanes) is 3. The normalized spacial score (nSPS) is 16.7. The highest BCUT2D eigenvalue weighted by atomic mass is 32.2. The summed E-state index contributed by atoms with van der Waals surface area (Å²) in [6.45, 7) is 7.03. The van der Waals surface area contributed by atoms with Crippen molar-refractivity contribution < 1.29 is 13.2 Å². The van der Waals surface area contributed by atoms with E-state index in [1.165, 1.54) is 10.7 Å². The third-order valence-electron chi connectivity index (χ3n) is 7.65. The summed E-state index contributed by atoms with van der Waals surface area (Å²) in [7, 11) is -3.85. The largest absolute Gasteiger partial charge is 0.325 e. The highest BCUT2D eigenvalue weighted by molar-refractivity contribution is 7.89. The highest BCUT2D eigenvalue weighted by Crippen LogP contribution is 2.28. The molecule has 41 heavy (non-hydrogen) atoms. The number of hydrogen-bond acceptors (Lipinski definition) is 6. The van der Waals surface area contributed by atoms with Crippen LogP contribution >= 0.6 is 0 Å². The second-order valence-electron chi connectivity index (χ2n) is 10.4. The van der Waals surface area contributed by atoms with Crippen LogP contribution in [0.15, 0.2) is 78.0 Å². The molecule has 0 saturated carbocycles. The molecule has 4 aromatic rings. The van der Waals surface area contributed by atoms with Gasteiger partial charge in [0.2, 0.25) is 15.9 Å². The van der Waals surface area contributed by atoms with Crippen LogP contribution in [0.1, 0.15) is 39.5 Å². The number of piperazine rings is 1. The molecule has 5 rings (SSSR count). The smallest absolute Gasteiger partial charge is 0.244 e. The molecule has 1 saturated heterocycles. The molecule has 10 heteroatoms. The Bertz CT molecular complexity index is 1570. The lowest BCUT2D eigenvalue weighted by Gasteiger charge is -2.39. The zero-order chi connectivity index (χ0) is 28.8. The molecule has 1 N–H and O–H groups in total. The van der Waals surface area contributed by atoms with Crippen LogP contribution in [0.2, 0.25) is 0 Å². The molecule has 1 aliphatic rings. The van der Waals surface area contributed by atoms with Crippen LogP contribution in [0.3, 0.4) is 0 Å². The Hall–Kier alpha value is -3.60. The van der Waals surface area contributed by atoms with Gasteiger partial charge >= 0.3 is 0 Å². The second kappa shape index (κ2) is 12.9. The number of fused-ring (bicyclic) bond motifs is 1. The Morgan fingerprint density at radius 1 is 1.00 bits per heavy atom. The molecule has 1 atom stereocenters. The first kappa shape index (κ1) is 28.9. The van der Waals surface area contributed by atoms with Crippen molar-refractivity contribution in [1.29, 1.82) is 0 Å². The van der Waals surface area contributed by atoms with Crippen molar-refractivity contribution in [2.75, 3.05) is 31.5 Å². The number of pyridine rings is 1. The van der Waals surface area contributed by atoms with Crippen LogP contribution in [-0.2, 0) is 21.4 Å². The molecule has 2 aromatic heterocycles. The van der Waals surface area contributed by atoms with E-state index >= 15 is 0 Å². The molecular formula is C31H38N6O3S. The van der Waals surface area contributed by atoms with Gasteiger partial charge in [0.05, 0.1) is 15.9 Å². The molecular weight excluding hydrogens is 536 g/mol. The van der Waals surface area contributed by atoms with Gasteiger partial charge in [-0.1, -0.05) is 44.4 Å². The maximum absolute atomic E-state index is 13.8. The van der Waals surface area contributed by atoms with Gasteiger partial charge in [0.25, 0.3) is 0 Å². The lowest BCUT2D eigenvalue weighted by molar-refractivity contribution is -0.121. The summed E-state index contributed by atoms with van der Waals surface area (Å²) < 4.78 is 30.8. The number of imidazole rings is 1. The average Bonchev–Trinajstić information content (AvgIpc) is 3.38. The molecule has 0 aliphatic carbocycles. The topological polar surface area (TPSA) is 100 Å². The van der Waals surface area contributed by atoms with E-state index in [-0.39, 0.29) is 17.3 Å². The van der Waals surface area contributed by atoms with Crippen molar-refractivity contribution in [1.82, 2.24) is 23.7 Å². The van der Waals surface area contributed by atoms with Crippen LogP contribution in [0.5, 0.6) is 0 Å². The summed E-state index contributed by atoms with van der Waals surface area (Å²) in [5, 5.41) is 3.01. The van der Waals surface area contributed by atoms with Crippen molar-refractivity contribution in [3.8, 4) is 11.4 Å². The van der Waals surface area contributed by atoms with Gasteiger partial charge in [-0.15, -0.1) is 0 Å². The van der Waals surface area contributed by atoms with Crippen molar-refractivity contribution in [2.45, 2.75) is 57.0 Å². The van der Waals surface area contributed by atoms with E-state index in [1.54, 1.807) is 42.7 Å². The van der Waals surface area contributed by atoms with Crippen LogP contribution in [0.4, 0.5) is 5.69 Å². The number of nitrogens with zero attached hydrogens (tertiary/aromatic N) is 5. The van der Waals surface area contributed by atoms with Gasteiger partial charge in [0, 0.05) is 49.8 Å². The van der Waals surface area contributed by atoms with E-state index < -0.39 is 16.1 Å². The van der Waals surface area contributed by atoms with Gasteiger partial charge < -0.3 is 9.88 Å². The second-order valence-corrected chi connectivity index (χ2v) is 12.3. The van der Waals surface area contributed by atoms with E-state index in [0.717, 1.165) is 54.8 Å². The zero-order valence-electron chi connectivity index (χ0n) is 23.7. The van der Waals surface area contributed by atoms with E-state index in [0.29, 0.717) is 18.8 Å². The molecule has 2 aromatic carbocycles. The first-order valence-corrected chi connectivity index (χ1v) is 15.9. The summed E-state index contributed by atoms with van der Waals surface area (Å²) in [6.07, 6.45) is 8.00. The number of aryl methyl sites for hydroxylation is 1. The Balaban J connectivity index is 1.41. The summed E-state index contributed by atoms with van der Waals surface area (Å²) >= 11 is 0. The van der Waals surface area contributed by atoms with Gasteiger partial charge in [0.1, 0.15) is 11.9 Å². The first-order chi connectivity index (χ1) is 19.9. The van der Waals surface area contributed by atoms with Gasteiger partial charge in [-0.2, -0.15) is 4.31 Å².